The third-order valence-corrected chi connectivity index (χ3v) is 1.34. The highest BCUT2D eigenvalue weighted by Gasteiger charge is 1.84. The first kappa shape index (κ1) is 10.2. The first-order valence-electron chi connectivity index (χ1n) is 3.18. The van der Waals surface area contributed by atoms with E-state index in [1.165, 1.54) is 12.1 Å². The molecule has 60 valence electrons. The van der Waals surface area contributed by atoms with Crippen molar-refractivity contribution in [3.63, 3.8) is 0 Å². The Morgan fingerprint density at radius 3 is 2.70 bits per heavy atom. The van der Waals surface area contributed by atoms with Crippen LogP contribution in [-0.2, 0) is 0 Å². The van der Waals surface area contributed by atoms with E-state index in [0.29, 0.717) is 6.54 Å². The van der Waals surface area contributed by atoms with Crippen molar-refractivity contribution in [2.75, 3.05) is 26.2 Å². The summed E-state index contributed by atoms with van der Waals surface area (Å²) in [6.07, 6.45) is 0. The van der Waals surface area contributed by atoms with Gasteiger partial charge in [0.05, 0.1) is 0 Å². The Morgan fingerprint density at radius 1 is 1.30 bits per heavy atom. The maximum atomic E-state index is 6.81. The summed E-state index contributed by atoms with van der Waals surface area (Å²) in [4.78, 5) is 0. The van der Waals surface area contributed by atoms with Gasteiger partial charge < -0.3 is 5.32 Å². The molecule has 0 aliphatic heterocycles. The standard InChI is InChI=1S/C5H14N4S/c1-7-10-9-5-4-8-3-2-6/h6-9H,1-5H2. The van der Waals surface area contributed by atoms with E-state index in [9.17, 15) is 0 Å². The summed E-state index contributed by atoms with van der Waals surface area (Å²) in [5.41, 5.74) is 6.81. The van der Waals surface area contributed by atoms with E-state index < -0.39 is 0 Å². The summed E-state index contributed by atoms with van der Waals surface area (Å²) in [5.74, 6) is 0. The molecule has 0 fully saturated rings. The van der Waals surface area contributed by atoms with Gasteiger partial charge in [0.1, 0.15) is 0 Å². The molecule has 0 atom stereocenters. The molecule has 0 aromatic rings. The van der Waals surface area contributed by atoms with Crippen LogP contribution in [0.4, 0.5) is 0 Å². The molecular formula is C5H14N4S. The van der Waals surface area contributed by atoms with Crippen LogP contribution in [0.25, 0.3) is 0 Å². The molecule has 5 heteroatoms. The fraction of sp³-hybridized carbons (Fsp3) is 0.800. The van der Waals surface area contributed by atoms with Crippen LogP contribution < -0.4 is 20.5 Å². The van der Waals surface area contributed by atoms with E-state index in [-0.39, 0.29) is 0 Å². The van der Waals surface area contributed by atoms with Crippen molar-refractivity contribution >= 4 is 12.1 Å². The fourth-order valence-electron chi connectivity index (χ4n) is 0.455. The number of nitrogens with one attached hydrogen (secondary N) is 4. The second kappa shape index (κ2) is 9.19. The molecular weight excluding hydrogens is 148 g/mol. The topological polar surface area (TPSA) is 59.9 Å². The number of hydrogen-bond donors (Lipinski definition) is 3. The lowest BCUT2D eigenvalue weighted by Crippen LogP contribution is -2.27. The Morgan fingerprint density at radius 2 is 2.10 bits per heavy atom. The highest BCUT2D eigenvalue weighted by atomic mass is 32.2. The average Bonchev–Trinajstić information content (AvgIpc) is 1.97. The first-order valence-corrected chi connectivity index (χ1v) is 3.99. The zero-order chi connectivity index (χ0) is 7.66. The lowest BCUT2D eigenvalue weighted by Gasteiger charge is -2.02. The maximum absolute atomic E-state index is 6.81. The summed E-state index contributed by atoms with van der Waals surface area (Å²) < 4.78 is 5.66. The molecule has 0 aromatic carbocycles. The van der Waals surface area contributed by atoms with Crippen molar-refractivity contribution < 1.29 is 0 Å². The maximum Gasteiger partial charge on any atom is 0.0225 e. The van der Waals surface area contributed by atoms with E-state index in [4.69, 9.17) is 5.73 Å². The lowest BCUT2D eigenvalue weighted by atomic mass is 10.6. The zero-order valence-electron chi connectivity index (χ0n) is 5.94. The molecule has 2 radical (unpaired) electrons. The molecule has 0 amide bonds. The van der Waals surface area contributed by atoms with Crippen LogP contribution in [0.1, 0.15) is 0 Å². The van der Waals surface area contributed by atoms with Gasteiger partial charge in [-0.3, -0.25) is 5.73 Å². The molecule has 0 saturated carbocycles. The van der Waals surface area contributed by atoms with Crippen molar-refractivity contribution in [3.05, 3.63) is 7.05 Å². The molecule has 0 aliphatic rings. The fourth-order valence-corrected chi connectivity index (χ4v) is 0.761. The van der Waals surface area contributed by atoms with Crippen molar-refractivity contribution in [2.45, 2.75) is 0 Å². The van der Waals surface area contributed by atoms with Crippen LogP contribution >= 0.6 is 12.1 Å². The normalized spacial score (nSPS) is 10.2. The number of rotatable bonds is 7. The molecule has 0 saturated heterocycles. The number of hydrogen-bond acceptors (Lipinski definition) is 4. The van der Waals surface area contributed by atoms with Gasteiger partial charge in [-0.25, -0.2) is 9.44 Å². The molecule has 0 heterocycles. The van der Waals surface area contributed by atoms with Gasteiger partial charge in [-0.15, -0.1) is 0 Å². The van der Waals surface area contributed by atoms with Gasteiger partial charge in [0.25, 0.3) is 0 Å². The van der Waals surface area contributed by atoms with Gasteiger partial charge >= 0.3 is 0 Å². The molecule has 4 N–H and O–H groups in total. The largest absolute Gasteiger partial charge is 0.314 e. The van der Waals surface area contributed by atoms with Crippen LogP contribution in [0.2, 0.25) is 0 Å². The van der Waals surface area contributed by atoms with Gasteiger partial charge in [0, 0.05) is 45.4 Å². The average molecular weight is 162 g/mol. The molecule has 0 aliphatic carbocycles. The second-order valence-electron chi connectivity index (χ2n) is 1.64. The molecule has 10 heavy (non-hydrogen) atoms. The quantitative estimate of drug-likeness (QED) is 0.345. The van der Waals surface area contributed by atoms with Crippen LogP contribution in [0, 0.1) is 7.05 Å². The molecule has 0 rings (SSSR count). The minimum atomic E-state index is 0.445. The van der Waals surface area contributed by atoms with Crippen molar-refractivity contribution in [2.24, 2.45) is 0 Å². The predicted molar refractivity (Wildman–Crippen MR) is 44.9 cm³/mol. The summed E-state index contributed by atoms with van der Waals surface area (Å²) in [6.45, 7) is 2.99. The smallest absolute Gasteiger partial charge is 0.0225 e. The Hall–Kier alpha value is 0.190. The van der Waals surface area contributed by atoms with E-state index in [2.05, 4.69) is 21.8 Å². The SMILES string of the molecule is [CH2]NSNCCNCC[NH]. The third kappa shape index (κ3) is 8.19. The van der Waals surface area contributed by atoms with Crippen LogP contribution in [0.5, 0.6) is 0 Å². The second-order valence-corrected chi connectivity index (χ2v) is 2.42. The summed E-state index contributed by atoms with van der Waals surface area (Å²) in [7, 11) is 3.42. The van der Waals surface area contributed by atoms with Crippen LogP contribution in [0.3, 0.4) is 0 Å². The van der Waals surface area contributed by atoms with Gasteiger partial charge in [-0.05, 0) is 0 Å². The predicted octanol–water partition coefficient (Wildman–Crippen LogP) is -0.607. The van der Waals surface area contributed by atoms with E-state index in [1.54, 1.807) is 0 Å². The van der Waals surface area contributed by atoms with Crippen molar-refractivity contribution in [1.82, 2.24) is 20.5 Å². The van der Waals surface area contributed by atoms with E-state index in [1.807, 2.05) is 0 Å². The van der Waals surface area contributed by atoms with Crippen molar-refractivity contribution in [1.29, 1.82) is 0 Å². The third-order valence-electron chi connectivity index (χ3n) is 0.850. The molecule has 0 bridgehead atoms. The van der Waals surface area contributed by atoms with Crippen LogP contribution in [0.15, 0.2) is 0 Å². The Bertz CT molecular complexity index is 53.6. The van der Waals surface area contributed by atoms with E-state index >= 15 is 0 Å². The lowest BCUT2D eigenvalue weighted by molar-refractivity contribution is 0.678. The van der Waals surface area contributed by atoms with Gasteiger partial charge in [0.15, 0.2) is 0 Å². The molecule has 0 spiro atoms. The minimum absolute atomic E-state index is 0.445. The molecule has 0 unspecified atom stereocenters. The summed E-state index contributed by atoms with van der Waals surface area (Å²) >= 11 is 1.37. The summed E-state index contributed by atoms with van der Waals surface area (Å²) in [5, 5.41) is 3.08. The summed E-state index contributed by atoms with van der Waals surface area (Å²) in [6, 6.07) is 0. The van der Waals surface area contributed by atoms with Gasteiger partial charge in [-0.1, -0.05) is 0 Å². The minimum Gasteiger partial charge on any atom is -0.314 e. The zero-order valence-corrected chi connectivity index (χ0v) is 6.76. The Kier molecular flexibility index (Phi) is 9.36. The van der Waals surface area contributed by atoms with Crippen LogP contribution in [-0.4, -0.2) is 26.2 Å². The van der Waals surface area contributed by atoms with Gasteiger partial charge in [-0.2, -0.15) is 0 Å². The monoisotopic (exact) mass is 162 g/mol. The highest BCUT2D eigenvalue weighted by molar-refractivity contribution is 7.95. The van der Waals surface area contributed by atoms with Gasteiger partial charge in [0.2, 0.25) is 0 Å². The first-order chi connectivity index (χ1) is 4.91. The van der Waals surface area contributed by atoms with E-state index in [0.717, 1.165) is 19.6 Å². The Labute approximate surface area is 66.6 Å². The molecule has 0 aromatic heterocycles. The van der Waals surface area contributed by atoms with Crippen molar-refractivity contribution in [3.8, 4) is 0 Å². The highest BCUT2D eigenvalue weighted by Crippen LogP contribution is 1.77. The molecule has 4 nitrogen and oxygen atoms in total. The Balaban J connectivity index is 2.65.